The standard InChI is InChI=1S/C26H23NO5/c1-16-6-4-7-17(2)25(16)27-24(28)15-31-20-10-11-21-22(14-20)32-23(26(21)29)13-18-8-5-9-19(12-18)30-3/h4-14H,15H2,1-3H3,(H,27,28)/b23-13-. The summed E-state index contributed by atoms with van der Waals surface area (Å²) in [5, 5.41) is 2.88. The maximum atomic E-state index is 12.7. The number of aryl methyl sites for hydroxylation is 2. The monoisotopic (exact) mass is 429 g/mol. The predicted molar refractivity (Wildman–Crippen MR) is 122 cm³/mol. The Labute approximate surface area is 186 Å². The molecule has 0 spiro atoms. The van der Waals surface area contributed by atoms with Crippen LogP contribution in [0.5, 0.6) is 17.2 Å². The first-order chi connectivity index (χ1) is 15.4. The number of methoxy groups -OCH3 is 1. The summed E-state index contributed by atoms with van der Waals surface area (Å²) in [5.41, 5.74) is 4.00. The minimum absolute atomic E-state index is 0.160. The minimum Gasteiger partial charge on any atom is -0.497 e. The van der Waals surface area contributed by atoms with Gasteiger partial charge in [-0.3, -0.25) is 9.59 Å². The smallest absolute Gasteiger partial charge is 0.262 e. The van der Waals surface area contributed by atoms with E-state index in [-0.39, 0.29) is 24.1 Å². The van der Waals surface area contributed by atoms with Crippen LogP contribution in [0.25, 0.3) is 6.08 Å². The molecule has 0 saturated heterocycles. The molecule has 4 rings (SSSR count). The van der Waals surface area contributed by atoms with Crippen LogP contribution in [0.2, 0.25) is 0 Å². The molecular weight excluding hydrogens is 406 g/mol. The number of hydrogen-bond acceptors (Lipinski definition) is 5. The van der Waals surface area contributed by atoms with Crippen LogP contribution in [0.4, 0.5) is 5.69 Å². The zero-order chi connectivity index (χ0) is 22.7. The second-order valence-electron chi connectivity index (χ2n) is 7.48. The first kappa shape index (κ1) is 21.2. The van der Waals surface area contributed by atoms with Crippen LogP contribution in [-0.4, -0.2) is 25.4 Å². The Morgan fingerprint density at radius 3 is 2.50 bits per heavy atom. The minimum atomic E-state index is -0.265. The molecule has 0 aliphatic carbocycles. The number of fused-ring (bicyclic) bond motifs is 1. The van der Waals surface area contributed by atoms with Crippen molar-refractivity contribution in [2.24, 2.45) is 0 Å². The van der Waals surface area contributed by atoms with Gasteiger partial charge in [0.15, 0.2) is 12.4 Å². The number of para-hydroxylation sites is 1. The first-order valence-electron chi connectivity index (χ1n) is 10.2. The summed E-state index contributed by atoms with van der Waals surface area (Å²) in [4.78, 5) is 25.0. The number of amides is 1. The van der Waals surface area contributed by atoms with Gasteiger partial charge in [-0.05, 0) is 60.9 Å². The van der Waals surface area contributed by atoms with Crippen molar-refractivity contribution in [2.75, 3.05) is 19.0 Å². The third-order valence-electron chi connectivity index (χ3n) is 5.15. The number of Topliss-reactive ketones (excluding diaryl/α,β-unsaturated/α-hetero) is 1. The van der Waals surface area contributed by atoms with Gasteiger partial charge < -0.3 is 19.5 Å². The lowest BCUT2D eigenvalue weighted by Gasteiger charge is -2.12. The normalized spacial score (nSPS) is 13.5. The van der Waals surface area contributed by atoms with Crippen molar-refractivity contribution >= 4 is 23.5 Å². The fourth-order valence-corrected chi connectivity index (χ4v) is 3.48. The summed E-state index contributed by atoms with van der Waals surface area (Å²) in [6.45, 7) is 3.72. The zero-order valence-corrected chi connectivity index (χ0v) is 18.1. The van der Waals surface area contributed by atoms with Gasteiger partial charge in [-0.15, -0.1) is 0 Å². The molecule has 1 N–H and O–H groups in total. The number of carbonyl (C=O) groups excluding carboxylic acids is 2. The first-order valence-corrected chi connectivity index (χ1v) is 10.2. The molecule has 6 heteroatoms. The van der Waals surface area contributed by atoms with E-state index in [4.69, 9.17) is 14.2 Å². The lowest BCUT2D eigenvalue weighted by atomic mass is 10.1. The topological polar surface area (TPSA) is 73.9 Å². The molecule has 3 aromatic rings. The predicted octanol–water partition coefficient (Wildman–Crippen LogP) is 4.95. The van der Waals surface area contributed by atoms with Crippen LogP contribution in [0.15, 0.2) is 66.4 Å². The highest BCUT2D eigenvalue weighted by molar-refractivity contribution is 6.14. The number of rotatable bonds is 6. The summed E-state index contributed by atoms with van der Waals surface area (Å²) in [5.74, 6) is 1.28. The fraction of sp³-hybridized carbons (Fsp3) is 0.154. The van der Waals surface area contributed by atoms with Gasteiger partial charge in [-0.1, -0.05) is 30.3 Å². The molecule has 162 valence electrons. The van der Waals surface area contributed by atoms with Crippen molar-refractivity contribution in [3.63, 3.8) is 0 Å². The molecule has 0 aromatic heterocycles. The highest BCUT2D eigenvalue weighted by Crippen LogP contribution is 2.35. The van der Waals surface area contributed by atoms with E-state index in [1.807, 2.05) is 56.3 Å². The number of hydrogen-bond donors (Lipinski definition) is 1. The fourth-order valence-electron chi connectivity index (χ4n) is 3.48. The third kappa shape index (κ3) is 4.49. The molecule has 0 fully saturated rings. The second kappa shape index (κ2) is 8.98. The number of benzene rings is 3. The van der Waals surface area contributed by atoms with Gasteiger partial charge in [0.05, 0.1) is 12.7 Å². The van der Waals surface area contributed by atoms with Crippen molar-refractivity contribution in [1.29, 1.82) is 0 Å². The quantitative estimate of drug-likeness (QED) is 0.562. The van der Waals surface area contributed by atoms with Gasteiger partial charge in [-0.25, -0.2) is 0 Å². The molecular formula is C26H23NO5. The van der Waals surface area contributed by atoms with E-state index in [0.29, 0.717) is 22.8 Å². The summed E-state index contributed by atoms with van der Waals surface area (Å²) in [6, 6.07) is 18.1. The van der Waals surface area contributed by atoms with Crippen LogP contribution < -0.4 is 19.5 Å². The van der Waals surface area contributed by atoms with Gasteiger partial charge in [0, 0.05) is 11.8 Å². The average molecular weight is 429 g/mol. The van der Waals surface area contributed by atoms with Gasteiger partial charge in [-0.2, -0.15) is 0 Å². The van der Waals surface area contributed by atoms with Gasteiger partial charge >= 0.3 is 0 Å². The molecule has 1 heterocycles. The van der Waals surface area contributed by atoms with Crippen molar-refractivity contribution < 1.29 is 23.8 Å². The van der Waals surface area contributed by atoms with Crippen LogP contribution in [-0.2, 0) is 4.79 Å². The van der Waals surface area contributed by atoms with E-state index in [0.717, 1.165) is 22.4 Å². The molecule has 6 nitrogen and oxygen atoms in total. The highest BCUT2D eigenvalue weighted by atomic mass is 16.5. The Morgan fingerprint density at radius 1 is 1.00 bits per heavy atom. The highest BCUT2D eigenvalue weighted by Gasteiger charge is 2.27. The Bertz CT molecular complexity index is 1210. The lowest BCUT2D eigenvalue weighted by Crippen LogP contribution is -2.21. The summed E-state index contributed by atoms with van der Waals surface area (Å²) >= 11 is 0. The molecule has 32 heavy (non-hydrogen) atoms. The van der Waals surface area contributed by atoms with E-state index < -0.39 is 0 Å². The average Bonchev–Trinajstić information content (AvgIpc) is 3.09. The van der Waals surface area contributed by atoms with E-state index in [2.05, 4.69) is 5.32 Å². The van der Waals surface area contributed by atoms with E-state index in [1.165, 1.54) is 0 Å². The second-order valence-corrected chi connectivity index (χ2v) is 7.48. The van der Waals surface area contributed by atoms with Crippen LogP contribution in [0.1, 0.15) is 27.0 Å². The maximum absolute atomic E-state index is 12.7. The number of ether oxygens (including phenoxy) is 3. The molecule has 3 aromatic carbocycles. The lowest BCUT2D eigenvalue weighted by molar-refractivity contribution is -0.118. The summed E-state index contributed by atoms with van der Waals surface area (Å²) in [6.07, 6.45) is 1.67. The van der Waals surface area contributed by atoms with Crippen molar-refractivity contribution in [2.45, 2.75) is 13.8 Å². The molecule has 1 aliphatic rings. The molecule has 0 saturated carbocycles. The molecule has 0 radical (unpaired) electrons. The zero-order valence-electron chi connectivity index (χ0n) is 18.1. The van der Waals surface area contributed by atoms with Crippen LogP contribution >= 0.6 is 0 Å². The van der Waals surface area contributed by atoms with Gasteiger partial charge in [0.2, 0.25) is 5.78 Å². The Hall–Kier alpha value is -4.06. The Morgan fingerprint density at radius 2 is 1.75 bits per heavy atom. The maximum Gasteiger partial charge on any atom is 0.262 e. The van der Waals surface area contributed by atoms with E-state index in [9.17, 15) is 9.59 Å². The number of carbonyl (C=O) groups is 2. The Kier molecular flexibility index (Phi) is 5.94. The molecule has 0 atom stereocenters. The number of allylic oxidation sites excluding steroid dienone is 1. The molecule has 0 unspecified atom stereocenters. The SMILES string of the molecule is COc1cccc(/C=C2\Oc3cc(OCC(=O)Nc4c(C)cccc4C)ccc3C2=O)c1. The number of anilines is 1. The van der Waals surface area contributed by atoms with Gasteiger partial charge in [0.1, 0.15) is 17.2 Å². The van der Waals surface area contributed by atoms with Gasteiger partial charge in [0.25, 0.3) is 5.91 Å². The van der Waals surface area contributed by atoms with Crippen LogP contribution in [0, 0.1) is 13.8 Å². The third-order valence-corrected chi connectivity index (χ3v) is 5.15. The summed E-state index contributed by atoms with van der Waals surface area (Å²) in [7, 11) is 1.59. The summed E-state index contributed by atoms with van der Waals surface area (Å²) < 4.78 is 16.6. The van der Waals surface area contributed by atoms with E-state index in [1.54, 1.807) is 31.4 Å². The number of ketones is 1. The molecule has 0 bridgehead atoms. The van der Waals surface area contributed by atoms with Crippen molar-refractivity contribution in [3.8, 4) is 17.2 Å². The Balaban J connectivity index is 1.43. The number of nitrogens with one attached hydrogen (secondary N) is 1. The largest absolute Gasteiger partial charge is 0.497 e. The van der Waals surface area contributed by atoms with Crippen molar-refractivity contribution in [1.82, 2.24) is 0 Å². The van der Waals surface area contributed by atoms with Crippen LogP contribution in [0.3, 0.4) is 0 Å². The molecule has 1 aliphatic heterocycles. The molecule has 1 amide bonds. The van der Waals surface area contributed by atoms with E-state index >= 15 is 0 Å². The van der Waals surface area contributed by atoms with Crippen molar-refractivity contribution in [3.05, 3.63) is 88.7 Å².